The molecule has 2 heterocycles. The Bertz CT molecular complexity index is 1400. The lowest BCUT2D eigenvalue weighted by Crippen LogP contribution is -2.67. The third-order valence-electron chi connectivity index (χ3n) is 7.57. The molecule has 39 heavy (non-hydrogen) atoms. The first kappa shape index (κ1) is 25.6. The summed E-state index contributed by atoms with van der Waals surface area (Å²) in [4.78, 5) is 26.7. The number of benzene rings is 3. The number of Topliss-reactive ketones (excluding diaryl/α,β-unsaturated/α-hetero) is 1. The van der Waals surface area contributed by atoms with Gasteiger partial charge in [0.25, 0.3) is 0 Å². The summed E-state index contributed by atoms with van der Waals surface area (Å²) in [7, 11) is 0. The highest BCUT2D eigenvalue weighted by Crippen LogP contribution is 2.44. The molecule has 4 atom stereocenters. The number of carbonyl (C=O) groups excluding carboxylic acids is 2. The second kappa shape index (κ2) is 11.2. The van der Waals surface area contributed by atoms with Crippen LogP contribution < -0.4 is 20.7 Å². The smallest absolute Gasteiger partial charge is 0.229 e. The molecule has 2 aliphatic heterocycles. The second-order valence-corrected chi connectivity index (χ2v) is 11.2. The number of halogens is 1. The van der Waals surface area contributed by atoms with Gasteiger partial charge in [-0.15, -0.1) is 11.8 Å². The zero-order valence-electron chi connectivity index (χ0n) is 21.4. The van der Waals surface area contributed by atoms with Crippen molar-refractivity contribution in [1.29, 1.82) is 0 Å². The minimum absolute atomic E-state index is 0.0976. The number of hydrogen-bond donors (Lipinski definition) is 3. The van der Waals surface area contributed by atoms with E-state index in [-0.39, 0.29) is 35.1 Å². The number of ether oxygens (including phenoxy) is 1. The molecular formula is C31H30FN3O3S. The van der Waals surface area contributed by atoms with Crippen LogP contribution in [0.1, 0.15) is 41.9 Å². The van der Waals surface area contributed by atoms with Crippen LogP contribution in [0.2, 0.25) is 0 Å². The van der Waals surface area contributed by atoms with Crippen molar-refractivity contribution in [3.05, 3.63) is 113 Å². The Kier molecular flexibility index (Phi) is 7.39. The molecule has 3 aromatic carbocycles. The second-order valence-electron chi connectivity index (χ2n) is 10.1. The van der Waals surface area contributed by atoms with E-state index in [4.69, 9.17) is 4.74 Å². The van der Waals surface area contributed by atoms with Gasteiger partial charge >= 0.3 is 0 Å². The van der Waals surface area contributed by atoms with E-state index in [1.165, 1.54) is 17.8 Å². The highest BCUT2D eigenvalue weighted by atomic mass is 32.2. The lowest BCUT2D eigenvalue weighted by molar-refractivity contribution is -0.130. The van der Waals surface area contributed by atoms with Gasteiger partial charge in [-0.2, -0.15) is 0 Å². The first-order chi connectivity index (χ1) is 19.1. The third kappa shape index (κ3) is 5.44. The van der Waals surface area contributed by atoms with E-state index in [1.54, 1.807) is 18.2 Å². The molecular weight excluding hydrogens is 513 g/mol. The highest BCUT2D eigenvalue weighted by Gasteiger charge is 2.49. The van der Waals surface area contributed by atoms with Gasteiger partial charge in [-0.05, 0) is 47.7 Å². The fourth-order valence-corrected chi connectivity index (χ4v) is 6.69. The Morgan fingerprint density at radius 3 is 2.46 bits per heavy atom. The summed E-state index contributed by atoms with van der Waals surface area (Å²) in [6, 6.07) is 24.4. The summed E-state index contributed by atoms with van der Waals surface area (Å²) >= 11 is 1.43. The van der Waals surface area contributed by atoms with Gasteiger partial charge in [-0.1, -0.05) is 60.7 Å². The molecule has 6 nitrogen and oxygen atoms in total. The third-order valence-corrected chi connectivity index (χ3v) is 8.64. The lowest BCUT2D eigenvalue weighted by atomic mass is 9.70. The van der Waals surface area contributed by atoms with Crippen molar-refractivity contribution in [2.75, 3.05) is 0 Å². The molecule has 0 radical (unpaired) electrons. The Morgan fingerprint density at radius 1 is 0.897 bits per heavy atom. The van der Waals surface area contributed by atoms with Gasteiger partial charge in [-0.25, -0.2) is 4.39 Å². The Balaban J connectivity index is 1.22. The summed E-state index contributed by atoms with van der Waals surface area (Å²) in [5, 5.41) is 10.0. The average Bonchev–Trinajstić information content (AvgIpc) is 2.96. The molecule has 3 N–H and O–H groups in total. The maximum atomic E-state index is 14.1. The molecule has 6 rings (SSSR count). The van der Waals surface area contributed by atoms with E-state index in [9.17, 15) is 14.0 Å². The van der Waals surface area contributed by atoms with Crippen LogP contribution in [0.4, 0.5) is 4.39 Å². The summed E-state index contributed by atoms with van der Waals surface area (Å²) < 4.78 is 20.1. The largest absolute Gasteiger partial charge is 0.489 e. The molecule has 0 aromatic heterocycles. The van der Waals surface area contributed by atoms with Crippen LogP contribution in [0.3, 0.4) is 0 Å². The summed E-state index contributed by atoms with van der Waals surface area (Å²) in [6.07, 6.45) is 1.71. The van der Waals surface area contributed by atoms with Gasteiger partial charge in [0.15, 0.2) is 5.78 Å². The summed E-state index contributed by atoms with van der Waals surface area (Å²) in [5.41, 5.74) is 3.83. The topological polar surface area (TPSA) is 79.5 Å². The number of nitrogens with one attached hydrogen (secondary N) is 3. The van der Waals surface area contributed by atoms with Crippen LogP contribution in [0.5, 0.6) is 5.75 Å². The van der Waals surface area contributed by atoms with Crippen LogP contribution in [-0.4, -0.2) is 23.4 Å². The molecule has 1 amide bonds. The summed E-state index contributed by atoms with van der Waals surface area (Å²) in [6.45, 7) is 0.463. The zero-order valence-corrected chi connectivity index (χ0v) is 22.2. The van der Waals surface area contributed by atoms with Crippen LogP contribution >= 0.6 is 11.8 Å². The standard InChI is InChI=1S/C31H30FN3O3S/c32-23-10-5-4-9-21(23)18-39-31-34-29-28(30(37)35-31)26(27-24(33-29)11-6-12-25(27)36)20-13-15-22(16-14-20)38-17-19-7-2-1-3-8-19/h1-5,7-10,13-16,26,28-29,31,33-34H,6,11-12,17-18H2,(H,35,37). The molecule has 0 spiro atoms. The van der Waals surface area contributed by atoms with Gasteiger partial charge in [0.05, 0.1) is 12.1 Å². The van der Waals surface area contributed by atoms with Crippen molar-refractivity contribution >= 4 is 23.5 Å². The lowest BCUT2D eigenvalue weighted by Gasteiger charge is -2.47. The Morgan fingerprint density at radius 2 is 1.67 bits per heavy atom. The fourth-order valence-electron chi connectivity index (χ4n) is 5.67. The van der Waals surface area contributed by atoms with E-state index in [0.29, 0.717) is 24.3 Å². The molecule has 1 saturated heterocycles. The van der Waals surface area contributed by atoms with E-state index < -0.39 is 5.92 Å². The molecule has 0 bridgehead atoms. The molecule has 0 saturated carbocycles. The quantitative estimate of drug-likeness (QED) is 0.390. The molecule has 3 aromatic rings. The van der Waals surface area contributed by atoms with E-state index in [0.717, 1.165) is 41.0 Å². The Labute approximate surface area is 231 Å². The van der Waals surface area contributed by atoms with Crippen LogP contribution in [0.15, 0.2) is 90.1 Å². The minimum Gasteiger partial charge on any atom is -0.489 e. The normalized spacial score (nSPS) is 24.3. The average molecular weight is 544 g/mol. The van der Waals surface area contributed by atoms with Crippen molar-refractivity contribution in [3.8, 4) is 5.75 Å². The first-order valence-electron chi connectivity index (χ1n) is 13.3. The van der Waals surface area contributed by atoms with Crippen molar-refractivity contribution in [2.45, 2.75) is 49.2 Å². The summed E-state index contributed by atoms with van der Waals surface area (Å²) in [5.74, 6) is -0.0142. The van der Waals surface area contributed by atoms with Gasteiger partial charge in [0.2, 0.25) is 5.91 Å². The predicted octanol–water partition coefficient (Wildman–Crippen LogP) is 4.98. The molecule has 8 heteroatoms. The monoisotopic (exact) mass is 543 g/mol. The maximum Gasteiger partial charge on any atom is 0.229 e. The van der Waals surface area contributed by atoms with Crippen molar-refractivity contribution in [1.82, 2.24) is 16.0 Å². The Hall–Kier alpha value is -3.62. The van der Waals surface area contributed by atoms with E-state index in [2.05, 4.69) is 16.0 Å². The molecule has 4 unspecified atom stereocenters. The number of allylic oxidation sites excluding steroid dienone is 2. The number of ketones is 1. The zero-order chi connectivity index (χ0) is 26.8. The number of amides is 1. The van der Waals surface area contributed by atoms with Crippen molar-refractivity contribution in [2.24, 2.45) is 5.92 Å². The van der Waals surface area contributed by atoms with Crippen LogP contribution in [-0.2, 0) is 21.9 Å². The number of rotatable bonds is 7. The van der Waals surface area contributed by atoms with E-state index >= 15 is 0 Å². The molecule has 1 aliphatic carbocycles. The van der Waals surface area contributed by atoms with Crippen LogP contribution in [0, 0.1) is 11.7 Å². The van der Waals surface area contributed by atoms with Crippen LogP contribution in [0.25, 0.3) is 0 Å². The number of fused-ring (bicyclic) bond motifs is 1. The minimum atomic E-state index is -0.507. The number of carbonyl (C=O) groups is 2. The number of thioether (sulfide) groups is 1. The first-order valence-corrected chi connectivity index (χ1v) is 14.3. The van der Waals surface area contributed by atoms with Gasteiger partial charge in [0, 0.05) is 29.4 Å². The molecule has 1 fully saturated rings. The van der Waals surface area contributed by atoms with Gasteiger partial charge in [0.1, 0.15) is 23.7 Å². The van der Waals surface area contributed by atoms with Gasteiger partial charge < -0.3 is 15.4 Å². The van der Waals surface area contributed by atoms with Crippen molar-refractivity contribution in [3.63, 3.8) is 0 Å². The predicted molar refractivity (Wildman–Crippen MR) is 149 cm³/mol. The van der Waals surface area contributed by atoms with Crippen molar-refractivity contribution < 1.29 is 18.7 Å². The van der Waals surface area contributed by atoms with E-state index in [1.807, 2.05) is 54.6 Å². The van der Waals surface area contributed by atoms with Gasteiger partial charge in [-0.3, -0.25) is 14.9 Å². The fraction of sp³-hybridized carbons (Fsp3) is 0.290. The highest BCUT2D eigenvalue weighted by molar-refractivity contribution is 7.99. The SMILES string of the molecule is O=C1CCCC2=C1C(c1ccc(OCc3ccccc3)cc1)C1C(=O)NC(SCc3ccccc3F)NC1N2. The number of hydrogen-bond acceptors (Lipinski definition) is 6. The molecule has 200 valence electrons. The maximum absolute atomic E-state index is 14.1. The molecule has 3 aliphatic rings.